The van der Waals surface area contributed by atoms with Gasteiger partial charge in [0.25, 0.3) is 0 Å². The average Bonchev–Trinajstić information content (AvgIpc) is 3.03. The second-order valence-corrected chi connectivity index (χ2v) is 7.30. The molecule has 3 aromatic rings. The summed E-state index contributed by atoms with van der Waals surface area (Å²) >= 11 is 0.650. The van der Waals surface area contributed by atoms with E-state index < -0.39 is 11.2 Å². The molecule has 0 bridgehead atoms. The van der Waals surface area contributed by atoms with Crippen LogP contribution in [0.1, 0.15) is 27.9 Å². The van der Waals surface area contributed by atoms with Gasteiger partial charge in [0.1, 0.15) is 5.82 Å². The van der Waals surface area contributed by atoms with Crippen molar-refractivity contribution in [1.29, 1.82) is 0 Å². The molecule has 1 N–H and O–H groups in total. The van der Waals surface area contributed by atoms with Gasteiger partial charge in [-0.1, -0.05) is 31.2 Å². The van der Waals surface area contributed by atoms with E-state index in [-0.39, 0.29) is 5.82 Å². The van der Waals surface area contributed by atoms with E-state index in [9.17, 15) is 17.6 Å². The first kappa shape index (κ1) is 19.4. The van der Waals surface area contributed by atoms with Crippen molar-refractivity contribution in [1.82, 2.24) is 4.98 Å². The minimum absolute atomic E-state index is 0.280. The van der Waals surface area contributed by atoms with Gasteiger partial charge in [-0.05, 0) is 37.1 Å². The Morgan fingerprint density at radius 2 is 1.81 bits per heavy atom. The molecule has 0 saturated carbocycles. The third kappa shape index (κ3) is 4.30. The van der Waals surface area contributed by atoms with Crippen LogP contribution in [0.5, 0.6) is 0 Å². The third-order valence-electron chi connectivity index (χ3n) is 4.23. The molecule has 1 heterocycles. The van der Waals surface area contributed by atoms with Crippen molar-refractivity contribution in [3.63, 3.8) is 0 Å². The number of nitrogens with one attached hydrogen (secondary N) is 1. The Hall–Kier alpha value is -2.41. The zero-order valence-corrected chi connectivity index (χ0v) is 15.6. The van der Waals surface area contributed by atoms with E-state index in [1.165, 1.54) is 6.07 Å². The molecule has 2 aromatic carbocycles. The van der Waals surface area contributed by atoms with Crippen LogP contribution in [0, 0.1) is 12.7 Å². The van der Waals surface area contributed by atoms with Gasteiger partial charge >= 0.3 is 6.18 Å². The molecular formula is C20H18F4N2S. The summed E-state index contributed by atoms with van der Waals surface area (Å²) in [6.07, 6.45) is -3.76. The molecule has 0 unspecified atom stereocenters. The molecule has 2 nitrogen and oxygen atoms in total. The number of halogens is 4. The maximum Gasteiger partial charge on any atom is 0.443 e. The number of benzene rings is 2. The van der Waals surface area contributed by atoms with Crippen molar-refractivity contribution < 1.29 is 17.6 Å². The number of aromatic nitrogens is 1. The van der Waals surface area contributed by atoms with E-state index >= 15 is 0 Å². The molecule has 142 valence electrons. The van der Waals surface area contributed by atoms with Gasteiger partial charge in [0.15, 0.2) is 5.01 Å². The molecule has 1 aromatic heterocycles. The Balaban J connectivity index is 1.87. The number of hydrogen-bond acceptors (Lipinski definition) is 3. The summed E-state index contributed by atoms with van der Waals surface area (Å²) in [5, 5.41) is 2.37. The number of rotatable bonds is 5. The summed E-state index contributed by atoms with van der Waals surface area (Å²) in [6, 6.07) is 11.9. The largest absolute Gasteiger partial charge is 0.443 e. The van der Waals surface area contributed by atoms with E-state index in [0.29, 0.717) is 46.0 Å². The summed E-state index contributed by atoms with van der Waals surface area (Å²) in [7, 11) is 0. The molecular weight excluding hydrogens is 376 g/mol. The number of nitrogens with zero attached hydrogens (tertiary/aromatic N) is 1. The normalized spacial score (nSPS) is 11.6. The van der Waals surface area contributed by atoms with E-state index in [1.807, 2.05) is 13.0 Å². The zero-order chi connectivity index (χ0) is 19.6. The van der Waals surface area contributed by atoms with Gasteiger partial charge in [-0.3, -0.25) is 0 Å². The van der Waals surface area contributed by atoms with E-state index in [2.05, 4.69) is 10.3 Å². The predicted octanol–water partition coefficient (Wildman–Crippen LogP) is 6.45. The van der Waals surface area contributed by atoms with Gasteiger partial charge < -0.3 is 5.32 Å². The molecule has 0 aliphatic rings. The minimum atomic E-state index is -4.44. The smallest absolute Gasteiger partial charge is 0.381 e. The molecule has 0 aliphatic heterocycles. The van der Waals surface area contributed by atoms with Crippen molar-refractivity contribution in [3.8, 4) is 11.3 Å². The van der Waals surface area contributed by atoms with Crippen LogP contribution in [0.2, 0.25) is 0 Å². The Kier molecular flexibility index (Phi) is 5.51. The average molecular weight is 394 g/mol. The molecule has 0 fully saturated rings. The lowest BCUT2D eigenvalue weighted by Crippen LogP contribution is -2.04. The molecule has 3 rings (SSSR count). The summed E-state index contributed by atoms with van der Waals surface area (Å²) in [6.45, 7) is 3.92. The van der Waals surface area contributed by atoms with Gasteiger partial charge in [-0.25, -0.2) is 9.37 Å². The molecule has 0 spiro atoms. The lowest BCUT2D eigenvalue weighted by atomic mass is 10.0. The Morgan fingerprint density at radius 1 is 1.07 bits per heavy atom. The summed E-state index contributed by atoms with van der Waals surface area (Å²) in [4.78, 5) is 4.31. The van der Waals surface area contributed by atoms with Crippen LogP contribution in [-0.4, -0.2) is 4.98 Å². The summed E-state index contributed by atoms with van der Waals surface area (Å²) in [5.41, 5.74) is 3.31. The van der Waals surface area contributed by atoms with Crippen molar-refractivity contribution in [3.05, 3.63) is 69.3 Å². The second-order valence-electron chi connectivity index (χ2n) is 6.09. The molecule has 0 aliphatic carbocycles. The van der Waals surface area contributed by atoms with Gasteiger partial charge in [-0.15, -0.1) is 11.3 Å². The second kappa shape index (κ2) is 7.68. The van der Waals surface area contributed by atoms with Gasteiger partial charge in [-0.2, -0.15) is 13.2 Å². The van der Waals surface area contributed by atoms with Crippen LogP contribution in [0.4, 0.5) is 23.2 Å². The van der Waals surface area contributed by atoms with Crippen LogP contribution >= 0.6 is 11.3 Å². The lowest BCUT2D eigenvalue weighted by Gasteiger charge is -2.13. The molecule has 27 heavy (non-hydrogen) atoms. The van der Waals surface area contributed by atoms with Crippen LogP contribution < -0.4 is 5.32 Å². The molecule has 0 saturated heterocycles. The maximum atomic E-state index is 13.8. The topological polar surface area (TPSA) is 24.9 Å². The Morgan fingerprint density at radius 3 is 2.44 bits per heavy atom. The predicted molar refractivity (Wildman–Crippen MR) is 100 cm³/mol. The van der Waals surface area contributed by atoms with Crippen molar-refractivity contribution in [2.24, 2.45) is 0 Å². The first-order chi connectivity index (χ1) is 12.8. The van der Waals surface area contributed by atoms with Crippen molar-refractivity contribution in [2.75, 3.05) is 5.32 Å². The quantitative estimate of drug-likeness (QED) is 0.503. The van der Waals surface area contributed by atoms with E-state index in [4.69, 9.17) is 0 Å². The molecule has 0 atom stereocenters. The standard InChI is InChI=1S/C20H18F4N2S/c1-3-13-10-14(18-12(2)27-19(26-18)20(22,23)24)8-9-17(13)25-11-15-6-4-5-7-16(15)21/h4-10,25H,3,11H2,1-2H3. The number of alkyl halides is 3. The monoisotopic (exact) mass is 394 g/mol. The summed E-state index contributed by atoms with van der Waals surface area (Å²) in [5.74, 6) is -0.280. The van der Waals surface area contributed by atoms with E-state index in [0.717, 1.165) is 11.3 Å². The fourth-order valence-electron chi connectivity index (χ4n) is 2.82. The fraction of sp³-hybridized carbons (Fsp3) is 0.250. The highest BCUT2D eigenvalue weighted by molar-refractivity contribution is 7.12. The highest BCUT2D eigenvalue weighted by atomic mass is 32.1. The zero-order valence-electron chi connectivity index (χ0n) is 14.8. The molecule has 0 amide bonds. The summed E-state index contributed by atoms with van der Waals surface area (Å²) < 4.78 is 52.5. The highest BCUT2D eigenvalue weighted by Crippen LogP contribution is 2.38. The van der Waals surface area contributed by atoms with Crippen LogP contribution in [0.15, 0.2) is 42.5 Å². The molecule has 0 radical (unpaired) electrons. The molecule has 7 heteroatoms. The number of hydrogen-bond donors (Lipinski definition) is 1. The van der Waals surface area contributed by atoms with E-state index in [1.54, 1.807) is 37.3 Å². The first-order valence-electron chi connectivity index (χ1n) is 8.44. The van der Waals surface area contributed by atoms with Crippen LogP contribution in [-0.2, 0) is 19.1 Å². The number of anilines is 1. The van der Waals surface area contributed by atoms with Gasteiger partial charge in [0.05, 0.1) is 5.69 Å². The Bertz CT molecular complexity index is 947. The van der Waals surface area contributed by atoms with Crippen molar-refractivity contribution >= 4 is 17.0 Å². The number of thiazole rings is 1. The van der Waals surface area contributed by atoms with Gasteiger partial charge in [0, 0.05) is 28.2 Å². The fourth-order valence-corrected chi connectivity index (χ4v) is 3.63. The SMILES string of the molecule is CCc1cc(-c2nc(C(F)(F)F)sc2C)ccc1NCc1ccccc1F. The third-order valence-corrected chi connectivity index (χ3v) is 5.24. The number of aryl methyl sites for hydroxylation is 2. The van der Waals surface area contributed by atoms with Crippen LogP contribution in [0.3, 0.4) is 0 Å². The maximum absolute atomic E-state index is 13.8. The lowest BCUT2D eigenvalue weighted by molar-refractivity contribution is -0.137. The first-order valence-corrected chi connectivity index (χ1v) is 9.26. The minimum Gasteiger partial charge on any atom is -0.381 e. The Labute approximate surface area is 158 Å². The van der Waals surface area contributed by atoms with Crippen molar-refractivity contribution in [2.45, 2.75) is 33.0 Å². The van der Waals surface area contributed by atoms with Crippen LogP contribution in [0.25, 0.3) is 11.3 Å². The highest BCUT2D eigenvalue weighted by Gasteiger charge is 2.35. The van der Waals surface area contributed by atoms with Gasteiger partial charge in [0.2, 0.25) is 0 Å².